The number of aryl methyl sites for hydroxylation is 1. The summed E-state index contributed by atoms with van der Waals surface area (Å²) in [4.78, 5) is 4.13. The van der Waals surface area contributed by atoms with Crippen molar-refractivity contribution in [2.45, 2.75) is 20.1 Å². The maximum Gasteiger partial charge on any atom is 0.164 e. The molecule has 7 heteroatoms. The van der Waals surface area contributed by atoms with Gasteiger partial charge >= 0.3 is 0 Å². The standard InChI is InChI=1S/C13H16Br2N4O/c1-3-16-6-9-4-10(14)13(11(15)5-9)20-7-12-17-8-18-19(12)2/h4-5,8,16H,3,6-7H2,1-2H3. The molecule has 0 amide bonds. The van der Waals surface area contributed by atoms with Gasteiger partial charge in [-0.15, -0.1) is 0 Å². The summed E-state index contributed by atoms with van der Waals surface area (Å²) in [6, 6.07) is 4.11. The van der Waals surface area contributed by atoms with Crippen molar-refractivity contribution in [1.29, 1.82) is 0 Å². The van der Waals surface area contributed by atoms with E-state index >= 15 is 0 Å². The Hall–Kier alpha value is -0.920. The van der Waals surface area contributed by atoms with Crippen LogP contribution in [0.1, 0.15) is 18.3 Å². The minimum Gasteiger partial charge on any atom is -0.483 e. The number of nitrogens with one attached hydrogen (secondary N) is 1. The molecule has 0 saturated carbocycles. The number of hydrogen-bond acceptors (Lipinski definition) is 4. The second-order valence-electron chi connectivity index (χ2n) is 4.26. The normalized spacial score (nSPS) is 10.8. The van der Waals surface area contributed by atoms with E-state index in [4.69, 9.17) is 4.74 Å². The zero-order valence-corrected chi connectivity index (χ0v) is 14.5. The molecule has 0 aliphatic carbocycles. The summed E-state index contributed by atoms with van der Waals surface area (Å²) in [5, 5.41) is 7.31. The first-order chi connectivity index (χ1) is 9.61. The highest BCUT2D eigenvalue weighted by Gasteiger charge is 2.10. The largest absolute Gasteiger partial charge is 0.483 e. The van der Waals surface area contributed by atoms with Crippen molar-refractivity contribution < 1.29 is 4.74 Å². The smallest absolute Gasteiger partial charge is 0.164 e. The average molecular weight is 404 g/mol. The van der Waals surface area contributed by atoms with Gasteiger partial charge in [0.05, 0.1) is 8.95 Å². The van der Waals surface area contributed by atoms with Crippen LogP contribution in [0.3, 0.4) is 0 Å². The molecule has 5 nitrogen and oxygen atoms in total. The molecule has 0 radical (unpaired) electrons. The highest BCUT2D eigenvalue weighted by molar-refractivity contribution is 9.11. The molecule has 20 heavy (non-hydrogen) atoms. The van der Waals surface area contributed by atoms with Gasteiger partial charge in [0, 0.05) is 13.6 Å². The van der Waals surface area contributed by atoms with Crippen molar-refractivity contribution in [1.82, 2.24) is 20.1 Å². The van der Waals surface area contributed by atoms with Crippen LogP contribution in [0.5, 0.6) is 5.75 Å². The van der Waals surface area contributed by atoms with Crippen molar-refractivity contribution in [3.63, 3.8) is 0 Å². The molecule has 1 N–H and O–H groups in total. The molecule has 0 aliphatic rings. The molecule has 108 valence electrons. The molecule has 2 aromatic rings. The van der Waals surface area contributed by atoms with E-state index in [0.29, 0.717) is 6.61 Å². The van der Waals surface area contributed by atoms with Gasteiger partial charge in [-0.2, -0.15) is 5.10 Å². The first kappa shape index (κ1) is 15.5. The Bertz CT molecular complexity index is 562. The predicted octanol–water partition coefficient (Wildman–Crippen LogP) is 3.03. The van der Waals surface area contributed by atoms with E-state index in [9.17, 15) is 0 Å². The van der Waals surface area contributed by atoms with Crippen LogP contribution in [-0.4, -0.2) is 21.3 Å². The Labute approximate surface area is 135 Å². The summed E-state index contributed by atoms with van der Waals surface area (Å²) in [6.45, 7) is 4.24. The van der Waals surface area contributed by atoms with Crippen molar-refractivity contribution in [3.8, 4) is 5.75 Å². The summed E-state index contributed by atoms with van der Waals surface area (Å²) in [7, 11) is 1.84. The van der Waals surface area contributed by atoms with E-state index < -0.39 is 0 Å². The number of aromatic nitrogens is 3. The van der Waals surface area contributed by atoms with Gasteiger partial charge in [0.2, 0.25) is 0 Å². The minimum atomic E-state index is 0.375. The summed E-state index contributed by atoms with van der Waals surface area (Å²) in [5.41, 5.74) is 1.19. The molecule has 0 atom stereocenters. The first-order valence-corrected chi connectivity index (χ1v) is 7.84. The van der Waals surface area contributed by atoms with Crippen molar-refractivity contribution in [2.24, 2.45) is 7.05 Å². The van der Waals surface area contributed by atoms with E-state index in [2.05, 4.69) is 66.3 Å². The molecule has 0 bridgehead atoms. The van der Waals surface area contributed by atoms with Gasteiger partial charge in [0.25, 0.3) is 0 Å². The van der Waals surface area contributed by atoms with Gasteiger partial charge in [-0.3, -0.25) is 4.68 Å². The molecule has 0 unspecified atom stereocenters. The molecule has 0 fully saturated rings. The lowest BCUT2D eigenvalue weighted by Crippen LogP contribution is -2.12. The second-order valence-corrected chi connectivity index (χ2v) is 5.97. The zero-order chi connectivity index (χ0) is 14.5. The number of halogens is 2. The predicted molar refractivity (Wildman–Crippen MR) is 84.6 cm³/mol. The van der Waals surface area contributed by atoms with Crippen LogP contribution in [0.2, 0.25) is 0 Å². The van der Waals surface area contributed by atoms with Gasteiger partial charge in [-0.1, -0.05) is 6.92 Å². The van der Waals surface area contributed by atoms with E-state index in [1.807, 2.05) is 7.05 Å². The molecular weight excluding hydrogens is 388 g/mol. The Balaban J connectivity index is 2.10. The van der Waals surface area contributed by atoms with Gasteiger partial charge in [0.1, 0.15) is 18.7 Å². The van der Waals surface area contributed by atoms with E-state index in [0.717, 1.165) is 33.6 Å². The molecule has 1 aromatic carbocycles. The van der Waals surface area contributed by atoms with Crippen LogP contribution in [0.4, 0.5) is 0 Å². The third kappa shape index (κ3) is 3.80. The van der Waals surface area contributed by atoms with Crippen LogP contribution in [0, 0.1) is 0 Å². The number of benzene rings is 1. The van der Waals surface area contributed by atoms with Gasteiger partial charge < -0.3 is 10.1 Å². The summed E-state index contributed by atoms with van der Waals surface area (Å²) in [6.07, 6.45) is 1.52. The Morgan fingerprint density at radius 2 is 2.00 bits per heavy atom. The summed E-state index contributed by atoms with van der Waals surface area (Å²) >= 11 is 7.09. The van der Waals surface area contributed by atoms with Crippen LogP contribution in [0.15, 0.2) is 27.4 Å². The lowest BCUT2D eigenvalue weighted by atomic mass is 10.2. The fourth-order valence-corrected chi connectivity index (χ4v) is 3.22. The fourth-order valence-electron chi connectivity index (χ4n) is 1.71. The minimum absolute atomic E-state index is 0.375. The number of nitrogens with zero attached hydrogens (tertiary/aromatic N) is 3. The van der Waals surface area contributed by atoms with Gasteiger partial charge in [0.15, 0.2) is 5.82 Å². The monoisotopic (exact) mass is 402 g/mol. The number of hydrogen-bond donors (Lipinski definition) is 1. The van der Waals surface area contributed by atoms with Gasteiger partial charge in [-0.25, -0.2) is 4.98 Å². The Kier molecular flexibility index (Phi) is 5.56. The fraction of sp³-hybridized carbons (Fsp3) is 0.385. The molecular formula is C13H16Br2N4O. The third-order valence-electron chi connectivity index (χ3n) is 2.79. The van der Waals surface area contributed by atoms with E-state index in [1.165, 1.54) is 11.9 Å². The number of rotatable bonds is 6. The van der Waals surface area contributed by atoms with Crippen molar-refractivity contribution in [2.75, 3.05) is 6.54 Å². The molecule has 1 aromatic heterocycles. The second kappa shape index (κ2) is 7.19. The average Bonchev–Trinajstić information content (AvgIpc) is 2.81. The van der Waals surface area contributed by atoms with Crippen molar-refractivity contribution in [3.05, 3.63) is 38.8 Å². The quantitative estimate of drug-likeness (QED) is 0.805. The first-order valence-electron chi connectivity index (χ1n) is 6.26. The summed E-state index contributed by atoms with van der Waals surface area (Å²) < 4.78 is 9.35. The zero-order valence-electron chi connectivity index (χ0n) is 11.4. The highest BCUT2D eigenvalue weighted by atomic mass is 79.9. The van der Waals surface area contributed by atoms with Crippen LogP contribution < -0.4 is 10.1 Å². The highest BCUT2D eigenvalue weighted by Crippen LogP contribution is 2.35. The Morgan fingerprint density at radius 1 is 1.30 bits per heavy atom. The maximum absolute atomic E-state index is 5.81. The van der Waals surface area contributed by atoms with Crippen LogP contribution in [-0.2, 0) is 20.2 Å². The molecule has 0 saturated heterocycles. The van der Waals surface area contributed by atoms with Crippen LogP contribution in [0.25, 0.3) is 0 Å². The molecule has 0 aliphatic heterocycles. The lowest BCUT2D eigenvalue weighted by molar-refractivity contribution is 0.286. The molecule has 0 spiro atoms. The van der Waals surface area contributed by atoms with Crippen molar-refractivity contribution >= 4 is 31.9 Å². The molecule has 2 rings (SSSR count). The van der Waals surface area contributed by atoms with Gasteiger partial charge in [-0.05, 0) is 56.1 Å². The molecule has 1 heterocycles. The number of ether oxygens (including phenoxy) is 1. The van der Waals surface area contributed by atoms with E-state index in [-0.39, 0.29) is 0 Å². The summed E-state index contributed by atoms with van der Waals surface area (Å²) in [5.74, 6) is 1.55. The maximum atomic E-state index is 5.81. The Morgan fingerprint density at radius 3 is 2.55 bits per heavy atom. The lowest BCUT2D eigenvalue weighted by Gasteiger charge is -2.12. The van der Waals surface area contributed by atoms with E-state index in [1.54, 1.807) is 4.68 Å². The SMILES string of the molecule is CCNCc1cc(Br)c(OCc2ncnn2C)c(Br)c1. The topological polar surface area (TPSA) is 52.0 Å². The van der Waals surface area contributed by atoms with Crippen LogP contribution >= 0.6 is 31.9 Å². The third-order valence-corrected chi connectivity index (χ3v) is 3.97.